The molecule has 0 aliphatic heterocycles. The van der Waals surface area contributed by atoms with E-state index in [2.05, 4.69) is 15.5 Å². The van der Waals surface area contributed by atoms with Crippen molar-refractivity contribution >= 4 is 38.9 Å². The molecule has 1 amide bonds. The predicted molar refractivity (Wildman–Crippen MR) is 98.1 cm³/mol. The van der Waals surface area contributed by atoms with Gasteiger partial charge >= 0.3 is 0 Å². The summed E-state index contributed by atoms with van der Waals surface area (Å²) in [5.41, 5.74) is -0.655. The Morgan fingerprint density at radius 3 is 2.81 bits per heavy atom. The van der Waals surface area contributed by atoms with Crippen LogP contribution in [0.25, 0.3) is 10.1 Å². The van der Waals surface area contributed by atoms with Gasteiger partial charge in [0.15, 0.2) is 5.82 Å². The van der Waals surface area contributed by atoms with Crippen molar-refractivity contribution in [3.63, 3.8) is 0 Å². The maximum absolute atomic E-state index is 13.5. The molecule has 1 aromatic carbocycles. The third kappa shape index (κ3) is 2.99. The lowest BCUT2D eigenvalue weighted by Crippen LogP contribution is -2.48. The van der Waals surface area contributed by atoms with E-state index in [9.17, 15) is 9.18 Å². The first kappa shape index (κ1) is 17.4. The molecule has 1 fully saturated rings. The summed E-state index contributed by atoms with van der Waals surface area (Å²) in [7, 11) is 0. The first-order valence-electron chi connectivity index (χ1n) is 8.49. The highest BCUT2D eigenvalue weighted by molar-refractivity contribution is 7.21. The summed E-state index contributed by atoms with van der Waals surface area (Å²) < 4.78 is 19.3. The number of thiophene rings is 1. The van der Waals surface area contributed by atoms with Gasteiger partial charge in [0.25, 0.3) is 5.91 Å². The van der Waals surface area contributed by atoms with Gasteiger partial charge < -0.3 is 9.84 Å². The van der Waals surface area contributed by atoms with E-state index >= 15 is 0 Å². The largest absolute Gasteiger partial charge is 0.340 e. The zero-order chi connectivity index (χ0) is 18.3. The van der Waals surface area contributed by atoms with E-state index < -0.39 is 5.54 Å². The van der Waals surface area contributed by atoms with Gasteiger partial charge in [-0.2, -0.15) is 4.98 Å². The Hall–Kier alpha value is -1.99. The second kappa shape index (κ2) is 6.63. The van der Waals surface area contributed by atoms with Crippen LogP contribution in [-0.2, 0) is 5.54 Å². The van der Waals surface area contributed by atoms with Crippen molar-refractivity contribution in [1.29, 1.82) is 0 Å². The zero-order valence-corrected chi connectivity index (χ0v) is 15.7. The van der Waals surface area contributed by atoms with Crippen LogP contribution >= 0.6 is 22.9 Å². The minimum Gasteiger partial charge on any atom is -0.340 e. The number of aryl methyl sites for hydroxylation is 1. The predicted octanol–water partition coefficient (Wildman–Crippen LogP) is 4.97. The quantitative estimate of drug-likeness (QED) is 0.681. The van der Waals surface area contributed by atoms with Crippen molar-refractivity contribution in [2.45, 2.75) is 44.6 Å². The minimum absolute atomic E-state index is 0.291. The van der Waals surface area contributed by atoms with Gasteiger partial charge in [0.2, 0.25) is 5.89 Å². The number of nitrogens with zero attached hydrogens (tertiary/aromatic N) is 2. The summed E-state index contributed by atoms with van der Waals surface area (Å²) in [6, 6.07) is 4.33. The lowest BCUT2D eigenvalue weighted by atomic mass is 9.81. The van der Waals surface area contributed by atoms with Crippen LogP contribution in [0.15, 0.2) is 22.7 Å². The van der Waals surface area contributed by atoms with Crippen LogP contribution in [0.3, 0.4) is 0 Å². The van der Waals surface area contributed by atoms with Crippen LogP contribution in [0.1, 0.15) is 53.5 Å². The molecule has 136 valence electrons. The molecule has 0 bridgehead atoms. The number of nitrogens with one attached hydrogen (secondary N) is 1. The van der Waals surface area contributed by atoms with Gasteiger partial charge in [0.05, 0.1) is 5.02 Å². The molecule has 0 spiro atoms. The molecule has 2 heterocycles. The van der Waals surface area contributed by atoms with E-state index in [-0.39, 0.29) is 11.7 Å². The van der Waals surface area contributed by atoms with Gasteiger partial charge in [-0.1, -0.05) is 36.0 Å². The highest BCUT2D eigenvalue weighted by Gasteiger charge is 2.40. The topological polar surface area (TPSA) is 68.0 Å². The van der Waals surface area contributed by atoms with Crippen molar-refractivity contribution in [2.75, 3.05) is 0 Å². The minimum atomic E-state index is -0.655. The van der Waals surface area contributed by atoms with Gasteiger partial charge in [-0.25, -0.2) is 4.39 Å². The van der Waals surface area contributed by atoms with E-state index in [1.54, 1.807) is 13.0 Å². The highest BCUT2D eigenvalue weighted by atomic mass is 35.5. The molecular weight excluding hydrogens is 377 g/mol. The average molecular weight is 394 g/mol. The molecule has 2 aromatic heterocycles. The molecule has 3 aromatic rings. The maximum Gasteiger partial charge on any atom is 0.263 e. The number of carbonyl (C=O) groups excluding carboxylic acids is 1. The standard InChI is InChI=1S/C18H17ClFN3O2S/c1-10-21-17(23-25-10)18(7-3-2-4-8-18)22-16(24)15-14(19)12-6-5-11(20)9-13(12)26-15/h5-6,9H,2-4,7-8H2,1H3,(H,22,24). The summed E-state index contributed by atoms with van der Waals surface area (Å²) in [4.78, 5) is 17.7. The van der Waals surface area contributed by atoms with Crippen LogP contribution in [0, 0.1) is 12.7 Å². The molecular formula is C18H17ClFN3O2S. The lowest BCUT2D eigenvalue weighted by Gasteiger charge is -2.35. The van der Waals surface area contributed by atoms with E-state index in [0.717, 1.165) is 32.1 Å². The molecule has 1 saturated carbocycles. The van der Waals surface area contributed by atoms with Crippen LogP contribution < -0.4 is 5.32 Å². The van der Waals surface area contributed by atoms with E-state index in [1.165, 1.54) is 23.5 Å². The molecule has 8 heteroatoms. The highest BCUT2D eigenvalue weighted by Crippen LogP contribution is 2.39. The smallest absolute Gasteiger partial charge is 0.263 e. The molecule has 1 N–H and O–H groups in total. The Labute approximate surface area is 158 Å². The SMILES string of the molecule is Cc1nc(C2(NC(=O)c3sc4cc(F)ccc4c3Cl)CCCCC2)no1. The Morgan fingerprint density at radius 1 is 1.35 bits per heavy atom. The molecule has 0 unspecified atom stereocenters. The number of halogens is 2. The number of rotatable bonds is 3. The molecule has 1 aliphatic carbocycles. The summed E-state index contributed by atoms with van der Waals surface area (Å²) >= 11 is 7.58. The maximum atomic E-state index is 13.5. The van der Waals surface area contributed by atoms with Crippen molar-refractivity contribution in [3.8, 4) is 0 Å². The van der Waals surface area contributed by atoms with E-state index in [0.29, 0.717) is 31.7 Å². The normalized spacial score (nSPS) is 16.7. The van der Waals surface area contributed by atoms with Gasteiger partial charge in [-0.3, -0.25) is 4.79 Å². The third-order valence-corrected chi connectivity index (χ3v) is 6.47. The second-order valence-electron chi connectivity index (χ2n) is 6.62. The van der Waals surface area contributed by atoms with Gasteiger partial charge in [-0.05, 0) is 31.0 Å². The Kier molecular flexibility index (Phi) is 4.44. The Bertz CT molecular complexity index is 978. The summed E-state index contributed by atoms with van der Waals surface area (Å²) in [5, 5.41) is 8.18. The number of amides is 1. The number of hydrogen-bond donors (Lipinski definition) is 1. The Morgan fingerprint density at radius 2 is 2.12 bits per heavy atom. The molecule has 1 aliphatic rings. The fourth-order valence-electron chi connectivity index (χ4n) is 3.51. The number of fused-ring (bicyclic) bond motifs is 1. The first-order chi connectivity index (χ1) is 12.5. The molecule has 5 nitrogen and oxygen atoms in total. The summed E-state index contributed by atoms with van der Waals surface area (Å²) in [6.07, 6.45) is 4.54. The number of hydrogen-bond acceptors (Lipinski definition) is 5. The van der Waals surface area contributed by atoms with Gasteiger partial charge in [0.1, 0.15) is 16.2 Å². The fraction of sp³-hybridized carbons (Fsp3) is 0.389. The Balaban J connectivity index is 1.70. The number of aromatic nitrogens is 2. The van der Waals surface area contributed by atoms with E-state index in [4.69, 9.17) is 16.1 Å². The summed E-state index contributed by atoms with van der Waals surface area (Å²) in [6.45, 7) is 1.73. The molecule has 4 rings (SSSR count). The number of carbonyl (C=O) groups is 1. The van der Waals surface area contributed by atoms with Crippen LogP contribution in [0.5, 0.6) is 0 Å². The van der Waals surface area contributed by atoms with Crippen molar-refractivity contribution < 1.29 is 13.7 Å². The molecule has 0 saturated heterocycles. The molecule has 0 atom stereocenters. The molecule has 26 heavy (non-hydrogen) atoms. The van der Waals surface area contributed by atoms with Crippen LogP contribution in [-0.4, -0.2) is 16.0 Å². The van der Waals surface area contributed by atoms with Crippen LogP contribution in [0.4, 0.5) is 4.39 Å². The summed E-state index contributed by atoms with van der Waals surface area (Å²) in [5.74, 6) is 0.329. The average Bonchev–Trinajstić information content (AvgIpc) is 3.20. The lowest BCUT2D eigenvalue weighted by molar-refractivity contribution is 0.0860. The van der Waals surface area contributed by atoms with E-state index in [1.807, 2.05) is 0 Å². The van der Waals surface area contributed by atoms with Crippen molar-refractivity contribution in [1.82, 2.24) is 15.5 Å². The number of benzene rings is 1. The van der Waals surface area contributed by atoms with Gasteiger partial charge in [0, 0.05) is 17.0 Å². The second-order valence-corrected chi connectivity index (χ2v) is 8.05. The van der Waals surface area contributed by atoms with Crippen molar-refractivity contribution in [3.05, 3.63) is 45.6 Å². The zero-order valence-electron chi connectivity index (χ0n) is 14.1. The monoisotopic (exact) mass is 393 g/mol. The first-order valence-corrected chi connectivity index (χ1v) is 9.69. The van der Waals surface area contributed by atoms with Crippen LogP contribution in [0.2, 0.25) is 5.02 Å². The fourth-order valence-corrected chi connectivity index (χ4v) is 4.95. The van der Waals surface area contributed by atoms with Crippen molar-refractivity contribution in [2.24, 2.45) is 0 Å². The van der Waals surface area contributed by atoms with Gasteiger partial charge in [-0.15, -0.1) is 11.3 Å². The third-order valence-electron chi connectivity index (χ3n) is 4.81. The molecule has 0 radical (unpaired) electrons.